The van der Waals surface area contributed by atoms with Gasteiger partial charge in [0.2, 0.25) is 6.29 Å². The fraction of sp³-hybridized carbons (Fsp3) is 0.700. The second-order valence-electron chi connectivity index (χ2n) is 7.64. The topological polar surface area (TPSA) is 27.7 Å². The average molecular weight is 320 g/mol. The Morgan fingerprint density at radius 1 is 1.13 bits per heavy atom. The molecule has 1 fully saturated rings. The van der Waals surface area contributed by atoms with Crippen molar-refractivity contribution in [2.75, 3.05) is 13.2 Å². The Hall–Kier alpha value is -1.06. The molecule has 1 heterocycles. The quantitative estimate of drug-likeness (QED) is 0.679. The van der Waals surface area contributed by atoms with Gasteiger partial charge in [0, 0.05) is 18.6 Å². The molecule has 0 aliphatic carbocycles. The molecule has 0 radical (unpaired) electrons. The Balaban J connectivity index is 2.02. The standard InChI is InChI=1S/C20H32O3/c1-6-15(2)16-7-9-17(10-8-16)22-19(20(3,4)5)23-18-11-13-21-14-12-18/h7-10,15,18-19H,6,11-14H2,1-5H3. The van der Waals surface area contributed by atoms with Crippen LogP contribution in [0.5, 0.6) is 5.75 Å². The first-order chi connectivity index (χ1) is 10.9. The molecule has 0 saturated carbocycles. The first-order valence-electron chi connectivity index (χ1n) is 8.90. The van der Waals surface area contributed by atoms with E-state index in [0.29, 0.717) is 5.92 Å². The SMILES string of the molecule is CCC(C)c1ccc(OC(OC2CCOCC2)C(C)(C)C)cc1. The molecular formula is C20H32O3. The lowest BCUT2D eigenvalue weighted by molar-refractivity contribution is -0.186. The Kier molecular flexibility index (Phi) is 6.49. The fourth-order valence-electron chi connectivity index (χ4n) is 2.63. The van der Waals surface area contributed by atoms with E-state index in [4.69, 9.17) is 14.2 Å². The van der Waals surface area contributed by atoms with Crippen LogP contribution in [0.25, 0.3) is 0 Å². The second-order valence-corrected chi connectivity index (χ2v) is 7.64. The van der Waals surface area contributed by atoms with Crippen LogP contribution in [0.4, 0.5) is 0 Å². The molecular weight excluding hydrogens is 288 g/mol. The Labute approximate surface area is 141 Å². The zero-order valence-electron chi connectivity index (χ0n) is 15.3. The molecule has 0 spiro atoms. The molecule has 0 amide bonds. The lowest BCUT2D eigenvalue weighted by Gasteiger charge is -2.35. The number of ether oxygens (including phenoxy) is 3. The Morgan fingerprint density at radius 3 is 2.26 bits per heavy atom. The van der Waals surface area contributed by atoms with Crippen molar-refractivity contribution in [2.45, 2.75) is 72.2 Å². The fourth-order valence-corrected chi connectivity index (χ4v) is 2.63. The van der Waals surface area contributed by atoms with Crippen molar-refractivity contribution in [1.82, 2.24) is 0 Å². The van der Waals surface area contributed by atoms with E-state index in [9.17, 15) is 0 Å². The zero-order chi connectivity index (χ0) is 16.9. The number of hydrogen-bond acceptors (Lipinski definition) is 3. The van der Waals surface area contributed by atoms with Crippen molar-refractivity contribution < 1.29 is 14.2 Å². The predicted octanol–water partition coefficient (Wildman–Crippen LogP) is 5.15. The molecule has 2 unspecified atom stereocenters. The largest absolute Gasteiger partial charge is 0.464 e. The Morgan fingerprint density at radius 2 is 1.74 bits per heavy atom. The maximum Gasteiger partial charge on any atom is 0.204 e. The zero-order valence-corrected chi connectivity index (χ0v) is 15.3. The molecule has 0 N–H and O–H groups in total. The third kappa shape index (κ3) is 5.50. The van der Waals surface area contributed by atoms with E-state index in [2.05, 4.69) is 58.9 Å². The molecule has 1 aromatic carbocycles. The number of benzene rings is 1. The molecule has 23 heavy (non-hydrogen) atoms. The van der Waals surface area contributed by atoms with Gasteiger partial charge in [-0.2, -0.15) is 0 Å². The first kappa shape index (κ1) is 18.3. The molecule has 1 aromatic rings. The van der Waals surface area contributed by atoms with Crippen LogP contribution in [0.2, 0.25) is 0 Å². The molecule has 3 heteroatoms. The highest BCUT2D eigenvalue weighted by Crippen LogP contribution is 2.29. The third-order valence-corrected chi connectivity index (χ3v) is 4.50. The van der Waals surface area contributed by atoms with E-state index in [0.717, 1.165) is 38.2 Å². The normalized spacial score (nSPS) is 19.3. The van der Waals surface area contributed by atoms with Crippen molar-refractivity contribution in [3.8, 4) is 5.75 Å². The smallest absolute Gasteiger partial charge is 0.204 e. The van der Waals surface area contributed by atoms with Crippen LogP contribution >= 0.6 is 0 Å². The second kappa shape index (κ2) is 8.16. The molecule has 0 bridgehead atoms. The van der Waals surface area contributed by atoms with Crippen LogP contribution in [0.15, 0.2) is 24.3 Å². The van der Waals surface area contributed by atoms with Gasteiger partial charge < -0.3 is 14.2 Å². The van der Waals surface area contributed by atoms with Gasteiger partial charge >= 0.3 is 0 Å². The molecule has 130 valence electrons. The number of hydrogen-bond donors (Lipinski definition) is 0. The summed E-state index contributed by atoms with van der Waals surface area (Å²) in [6.45, 7) is 12.5. The summed E-state index contributed by atoms with van der Waals surface area (Å²) in [5, 5.41) is 0. The summed E-state index contributed by atoms with van der Waals surface area (Å²) in [4.78, 5) is 0. The van der Waals surface area contributed by atoms with Gasteiger partial charge in [-0.15, -0.1) is 0 Å². The lowest BCUT2D eigenvalue weighted by atomic mass is 9.95. The highest BCUT2D eigenvalue weighted by Gasteiger charge is 2.31. The van der Waals surface area contributed by atoms with Crippen LogP contribution in [0.3, 0.4) is 0 Å². The van der Waals surface area contributed by atoms with E-state index in [1.165, 1.54) is 5.56 Å². The summed E-state index contributed by atoms with van der Waals surface area (Å²) in [5.41, 5.74) is 1.28. The third-order valence-electron chi connectivity index (χ3n) is 4.50. The molecule has 2 atom stereocenters. The van der Waals surface area contributed by atoms with Gasteiger partial charge in [0.15, 0.2) is 0 Å². The lowest BCUT2D eigenvalue weighted by Crippen LogP contribution is -2.39. The molecule has 3 nitrogen and oxygen atoms in total. The van der Waals surface area contributed by atoms with Crippen molar-refractivity contribution >= 4 is 0 Å². The molecule has 1 aliphatic rings. The molecule has 1 saturated heterocycles. The summed E-state index contributed by atoms with van der Waals surface area (Å²) < 4.78 is 17.9. The minimum atomic E-state index is -0.250. The van der Waals surface area contributed by atoms with Crippen LogP contribution in [-0.4, -0.2) is 25.6 Å². The van der Waals surface area contributed by atoms with Crippen LogP contribution in [0, 0.1) is 5.41 Å². The van der Waals surface area contributed by atoms with Crippen molar-refractivity contribution in [2.24, 2.45) is 5.41 Å². The first-order valence-corrected chi connectivity index (χ1v) is 8.90. The average Bonchev–Trinajstić information content (AvgIpc) is 2.54. The molecule has 0 aromatic heterocycles. The highest BCUT2D eigenvalue weighted by atomic mass is 16.7. The van der Waals surface area contributed by atoms with Crippen molar-refractivity contribution in [1.29, 1.82) is 0 Å². The summed E-state index contributed by atoms with van der Waals surface area (Å²) >= 11 is 0. The maximum absolute atomic E-state index is 6.26. The van der Waals surface area contributed by atoms with Gasteiger partial charge in [0.1, 0.15) is 5.75 Å². The van der Waals surface area contributed by atoms with Gasteiger partial charge in [-0.05, 0) is 42.9 Å². The van der Waals surface area contributed by atoms with Crippen LogP contribution in [0.1, 0.15) is 65.4 Å². The predicted molar refractivity (Wildman–Crippen MR) is 93.9 cm³/mol. The van der Waals surface area contributed by atoms with Gasteiger partial charge in [0.05, 0.1) is 6.10 Å². The van der Waals surface area contributed by atoms with Gasteiger partial charge in [0.25, 0.3) is 0 Å². The van der Waals surface area contributed by atoms with Gasteiger partial charge in [-0.1, -0.05) is 46.8 Å². The van der Waals surface area contributed by atoms with Crippen molar-refractivity contribution in [3.63, 3.8) is 0 Å². The summed E-state index contributed by atoms with van der Waals surface area (Å²) in [7, 11) is 0. The number of rotatable bonds is 6. The van der Waals surface area contributed by atoms with Gasteiger partial charge in [-0.25, -0.2) is 0 Å². The maximum atomic E-state index is 6.26. The monoisotopic (exact) mass is 320 g/mol. The summed E-state index contributed by atoms with van der Waals surface area (Å²) in [6.07, 6.45) is 3.02. The van der Waals surface area contributed by atoms with E-state index in [1.54, 1.807) is 0 Å². The Bertz CT molecular complexity index is 455. The van der Waals surface area contributed by atoms with E-state index in [1.807, 2.05) is 0 Å². The van der Waals surface area contributed by atoms with E-state index >= 15 is 0 Å². The molecule has 1 aliphatic heterocycles. The van der Waals surface area contributed by atoms with E-state index in [-0.39, 0.29) is 17.8 Å². The minimum absolute atomic E-state index is 0.0757. The van der Waals surface area contributed by atoms with Crippen LogP contribution < -0.4 is 4.74 Å². The molecule has 2 rings (SSSR count). The van der Waals surface area contributed by atoms with Gasteiger partial charge in [-0.3, -0.25) is 0 Å². The van der Waals surface area contributed by atoms with Crippen LogP contribution in [-0.2, 0) is 9.47 Å². The highest BCUT2D eigenvalue weighted by molar-refractivity contribution is 5.29. The summed E-state index contributed by atoms with van der Waals surface area (Å²) in [6, 6.07) is 8.45. The summed E-state index contributed by atoms with van der Waals surface area (Å²) in [5.74, 6) is 1.46. The van der Waals surface area contributed by atoms with Crippen molar-refractivity contribution in [3.05, 3.63) is 29.8 Å². The van der Waals surface area contributed by atoms with E-state index < -0.39 is 0 Å². The minimum Gasteiger partial charge on any atom is -0.464 e.